The molecule has 0 amide bonds. The Kier molecular flexibility index (Phi) is 8.10. The molecular weight excluding hydrogens is 298 g/mol. The number of hydrogen-bond acceptors (Lipinski definition) is 2. The highest BCUT2D eigenvalue weighted by Crippen LogP contribution is 2.18. The number of benzene rings is 1. The Hall–Kier alpha value is -1.55. The van der Waals surface area contributed by atoms with Crippen LogP contribution in [0.2, 0.25) is 0 Å². The first-order valence-electron chi connectivity index (χ1n) is 9.31. The summed E-state index contributed by atoms with van der Waals surface area (Å²) in [5, 5.41) is 3.42. The van der Waals surface area contributed by atoms with Crippen molar-refractivity contribution in [3.63, 3.8) is 0 Å². The van der Waals surface area contributed by atoms with Gasteiger partial charge in [0.05, 0.1) is 0 Å². The van der Waals surface area contributed by atoms with E-state index in [9.17, 15) is 0 Å². The van der Waals surface area contributed by atoms with Gasteiger partial charge in [-0.05, 0) is 51.0 Å². The van der Waals surface area contributed by atoms with E-state index in [0.717, 1.165) is 51.1 Å². The molecule has 0 atom stereocenters. The summed E-state index contributed by atoms with van der Waals surface area (Å²) < 4.78 is 5.45. The molecule has 4 nitrogen and oxygen atoms in total. The highest BCUT2D eigenvalue weighted by atomic mass is 16.5. The molecule has 2 rings (SSSR count). The van der Waals surface area contributed by atoms with Crippen LogP contribution in [0.25, 0.3) is 0 Å². The Morgan fingerprint density at radius 1 is 1.33 bits per heavy atom. The molecule has 0 spiro atoms. The zero-order valence-corrected chi connectivity index (χ0v) is 15.6. The van der Waals surface area contributed by atoms with E-state index in [4.69, 9.17) is 9.73 Å². The van der Waals surface area contributed by atoms with E-state index >= 15 is 0 Å². The largest absolute Gasteiger partial charge is 0.381 e. The smallest absolute Gasteiger partial charge is 0.193 e. The summed E-state index contributed by atoms with van der Waals surface area (Å²) >= 11 is 0. The summed E-state index contributed by atoms with van der Waals surface area (Å²) in [6, 6.07) is 8.70. The molecule has 1 heterocycles. The molecule has 1 aromatic carbocycles. The molecule has 1 fully saturated rings. The zero-order chi connectivity index (χ0) is 17.2. The third-order valence-electron chi connectivity index (χ3n) is 4.65. The highest BCUT2D eigenvalue weighted by molar-refractivity contribution is 5.79. The topological polar surface area (TPSA) is 36.9 Å². The predicted molar refractivity (Wildman–Crippen MR) is 102 cm³/mol. The first kappa shape index (κ1) is 18.8. The number of aryl methyl sites for hydroxylation is 1. The molecule has 0 aromatic heterocycles. The Bertz CT molecular complexity index is 509. The lowest BCUT2D eigenvalue weighted by Crippen LogP contribution is -2.40. The molecule has 4 heteroatoms. The summed E-state index contributed by atoms with van der Waals surface area (Å²) in [5.74, 6) is 1.83. The van der Waals surface area contributed by atoms with Crippen LogP contribution in [0.5, 0.6) is 0 Å². The third-order valence-corrected chi connectivity index (χ3v) is 4.65. The van der Waals surface area contributed by atoms with E-state index in [1.807, 2.05) is 0 Å². The van der Waals surface area contributed by atoms with Crippen LogP contribution >= 0.6 is 0 Å². The van der Waals surface area contributed by atoms with Gasteiger partial charge in [-0.1, -0.05) is 29.8 Å². The fraction of sp³-hybridized carbons (Fsp3) is 0.650. The van der Waals surface area contributed by atoms with Crippen LogP contribution in [0, 0.1) is 12.8 Å². The monoisotopic (exact) mass is 331 g/mol. The number of nitrogens with zero attached hydrogens (tertiary/aromatic N) is 2. The molecule has 1 saturated heterocycles. The highest BCUT2D eigenvalue weighted by Gasteiger charge is 2.15. The molecule has 0 saturated carbocycles. The van der Waals surface area contributed by atoms with Gasteiger partial charge in [-0.3, -0.25) is 4.99 Å². The number of guanidine groups is 1. The maximum absolute atomic E-state index is 5.45. The molecule has 1 aromatic rings. The van der Waals surface area contributed by atoms with Crippen LogP contribution in [-0.4, -0.2) is 50.8 Å². The number of hydrogen-bond donors (Lipinski definition) is 1. The van der Waals surface area contributed by atoms with Gasteiger partial charge in [0.1, 0.15) is 0 Å². The van der Waals surface area contributed by atoms with E-state index in [-0.39, 0.29) is 0 Å². The Morgan fingerprint density at radius 2 is 2.12 bits per heavy atom. The average molecular weight is 332 g/mol. The summed E-state index contributed by atoms with van der Waals surface area (Å²) in [7, 11) is 2.15. The van der Waals surface area contributed by atoms with Crippen LogP contribution < -0.4 is 5.32 Å². The molecule has 0 radical (unpaired) electrons. The normalized spacial score (nSPS) is 16.2. The van der Waals surface area contributed by atoms with Crippen LogP contribution in [-0.2, 0) is 11.2 Å². The van der Waals surface area contributed by atoms with E-state index in [2.05, 4.69) is 55.4 Å². The Balaban J connectivity index is 1.81. The standard InChI is InChI=1S/C20H33N3O/c1-4-21-20(22-12-8-19-7-5-6-17(2)16-19)23(3)13-9-18-10-14-24-15-11-18/h5-7,16,18H,4,8-15H2,1-3H3,(H,21,22). The molecule has 1 N–H and O–H groups in total. The van der Waals surface area contributed by atoms with Gasteiger partial charge < -0.3 is 15.0 Å². The quantitative estimate of drug-likeness (QED) is 0.615. The second-order valence-corrected chi connectivity index (χ2v) is 6.74. The summed E-state index contributed by atoms with van der Waals surface area (Å²) in [5.41, 5.74) is 2.68. The maximum Gasteiger partial charge on any atom is 0.193 e. The van der Waals surface area contributed by atoms with Crippen LogP contribution in [0.1, 0.15) is 37.3 Å². The first-order valence-corrected chi connectivity index (χ1v) is 9.31. The van der Waals surface area contributed by atoms with Crippen molar-refractivity contribution in [2.45, 2.75) is 39.5 Å². The molecule has 0 unspecified atom stereocenters. The van der Waals surface area contributed by atoms with Crippen molar-refractivity contribution in [2.24, 2.45) is 10.9 Å². The van der Waals surface area contributed by atoms with Crippen molar-refractivity contribution in [3.8, 4) is 0 Å². The average Bonchev–Trinajstić information content (AvgIpc) is 2.60. The van der Waals surface area contributed by atoms with Crippen molar-refractivity contribution >= 4 is 5.96 Å². The van der Waals surface area contributed by atoms with Gasteiger partial charge in [0.2, 0.25) is 0 Å². The second kappa shape index (κ2) is 10.3. The lowest BCUT2D eigenvalue weighted by atomic mass is 9.96. The second-order valence-electron chi connectivity index (χ2n) is 6.74. The number of rotatable bonds is 7. The minimum Gasteiger partial charge on any atom is -0.381 e. The van der Waals surface area contributed by atoms with Gasteiger partial charge >= 0.3 is 0 Å². The molecule has 0 aliphatic carbocycles. The van der Waals surface area contributed by atoms with Crippen molar-refractivity contribution in [1.29, 1.82) is 0 Å². The van der Waals surface area contributed by atoms with Gasteiger partial charge in [0, 0.05) is 39.9 Å². The summed E-state index contributed by atoms with van der Waals surface area (Å²) in [6.45, 7) is 8.92. The van der Waals surface area contributed by atoms with Crippen molar-refractivity contribution < 1.29 is 4.74 Å². The molecule has 1 aliphatic heterocycles. The number of nitrogens with one attached hydrogen (secondary N) is 1. The molecular formula is C20H33N3O. The fourth-order valence-corrected chi connectivity index (χ4v) is 3.15. The third kappa shape index (κ3) is 6.52. The van der Waals surface area contributed by atoms with Gasteiger partial charge in [-0.2, -0.15) is 0 Å². The van der Waals surface area contributed by atoms with E-state index in [1.165, 1.54) is 30.4 Å². The van der Waals surface area contributed by atoms with E-state index in [1.54, 1.807) is 0 Å². The Labute approximate surface area is 147 Å². The van der Waals surface area contributed by atoms with Crippen LogP contribution in [0.4, 0.5) is 0 Å². The van der Waals surface area contributed by atoms with Crippen molar-refractivity contribution in [1.82, 2.24) is 10.2 Å². The van der Waals surface area contributed by atoms with Crippen molar-refractivity contribution in [2.75, 3.05) is 39.9 Å². The number of aliphatic imine (C=N–C) groups is 1. The molecule has 134 valence electrons. The van der Waals surface area contributed by atoms with Gasteiger partial charge in [0.25, 0.3) is 0 Å². The van der Waals surface area contributed by atoms with Gasteiger partial charge in [-0.15, -0.1) is 0 Å². The lowest BCUT2D eigenvalue weighted by Gasteiger charge is -2.26. The molecule has 0 bridgehead atoms. The van der Waals surface area contributed by atoms with Gasteiger partial charge in [0.15, 0.2) is 5.96 Å². The lowest BCUT2D eigenvalue weighted by molar-refractivity contribution is 0.0625. The number of ether oxygens (including phenoxy) is 1. The van der Waals surface area contributed by atoms with Gasteiger partial charge in [-0.25, -0.2) is 0 Å². The zero-order valence-electron chi connectivity index (χ0n) is 15.6. The van der Waals surface area contributed by atoms with E-state index in [0.29, 0.717) is 0 Å². The van der Waals surface area contributed by atoms with E-state index < -0.39 is 0 Å². The summed E-state index contributed by atoms with van der Waals surface area (Å²) in [4.78, 5) is 7.08. The first-order chi connectivity index (χ1) is 11.7. The van der Waals surface area contributed by atoms with Crippen molar-refractivity contribution in [3.05, 3.63) is 35.4 Å². The summed E-state index contributed by atoms with van der Waals surface area (Å²) in [6.07, 6.45) is 4.62. The van der Waals surface area contributed by atoms with Crippen LogP contribution in [0.3, 0.4) is 0 Å². The Morgan fingerprint density at radius 3 is 2.83 bits per heavy atom. The predicted octanol–water partition coefficient (Wildman–Crippen LogP) is 3.25. The fourth-order valence-electron chi connectivity index (χ4n) is 3.15. The maximum atomic E-state index is 5.45. The molecule has 24 heavy (non-hydrogen) atoms. The SMILES string of the molecule is CCNC(=NCCc1cccc(C)c1)N(C)CCC1CCOCC1. The minimum atomic E-state index is 0.802. The van der Waals surface area contributed by atoms with Crippen LogP contribution in [0.15, 0.2) is 29.3 Å². The minimum absolute atomic E-state index is 0.802. The molecule has 1 aliphatic rings.